The van der Waals surface area contributed by atoms with Crippen LogP contribution in [0.25, 0.3) is 11.1 Å². The number of alkyl halides is 1. The average Bonchev–Trinajstić information content (AvgIpc) is 3.80. The molecule has 1 unspecified atom stereocenters. The molecule has 1 saturated heterocycles. The van der Waals surface area contributed by atoms with Crippen LogP contribution in [0.15, 0.2) is 54.6 Å². The fraction of sp³-hybridized carbons (Fsp3) is 0.375. The summed E-state index contributed by atoms with van der Waals surface area (Å²) in [5.41, 5.74) is 3.31. The van der Waals surface area contributed by atoms with Gasteiger partial charge in [0.1, 0.15) is 36.1 Å². The number of hydrogen-bond acceptors (Lipinski definition) is 5. The van der Waals surface area contributed by atoms with Gasteiger partial charge in [0.05, 0.1) is 10.6 Å². The van der Waals surface area contributed by atoms with E-state index in [0.29, 0.717) is 36.5 Å². The molecule has 0 bridgehead atoms. The number of rotatable bonds is 7. The Hall–Kier alpha value is -3.29. The number of piperidine rings is 1. The maximum atomic E-state index is 15.4. The first-order valence-corrected chi connectivity index (χ1v) is 14.2. The second kappa shape index (κ2) is 10.9. The van der Waals surface area contributed by atoms with E-state index in [9.17, 15) is 14.6 Å². The molecule has 2 fully saturated rings. The molecule has 0 amide bonds. The van der Waals surface area contributed by atoms with Crippen LogP contribution in [-0.4, -0.2) is 47.0 Å². The highest BCUT2D eigenvalue weighted by atomic mass is 35.5. The van der Waals surface area contributed by atoms with Gasteiger partial charge in [0.2, 0.25) is 0 Å². The minimum atomic E-state index is -0.706. The molecule has 2 atom stereocenters. The molecule has 2 N–H and O–H groups in total. The third-order valence-corrected chi connectivity index (χ3v) is 8.47. The topological polar surface area (TPSA) is 62.2 Å². The van der Waals surface area contributed by atoms with Crippen LogP contribution in [0, 0.1) is 11.7 Å². The normalized spacial score (nSPS) is 20.6. The van der Waals surface area contributed by atoms with Crippen LogP contribution in [0.3, 0.4) is 0 Å². The maximum absolute atomic E-state index is 15.4. The smallest absolute Gasteiger partial charge is 0.176 e. The zero-order valence-electron chi connectivity index (χ0n) is 22.2. The molecular weight excluding hydrogens is 536 g/mol. The Morgan fingerprint density at radius 3 is 2.38 bits per heavy atom. The maximum Gasteiger partial charge on any atom is 0.176 e. The summed E-state index contributed by atoms with van der Waals surface area (Å²) in [7, 11) is 0. The Morgan fingerprint density at radius 2 is 1.70 bits per heavy atom. The van der Waals surface area contributed by atoms with Gasteiger partial charge < -0.3 is 19.7 Å². The van der Waals surface area contributed by atoms with Crippen LogP contribution in [-0.2, 0) is 0 Å². The average molecular weight is 568 g/mol. The zero-order valence-corrected chi connectivity index (χ0v) is 23.0. The number of likely N-dealkylation sites (tertiary alicyclic amines) is 1. The molecule has 6 rings (SSSR count). The van der Waals surface area contributed by atoms with Gasteiger partial charge >= 0.3 is 0 Å². The van der Waals surface area contributed by atoms with Crippen molar-refractivity contribution in [3.63, 3.8) is 0 Å². The van der Waals surface area contributed by atoms with Crippen LogP contribution >= 0.6 is 11.6 Å². The van der Waals surface area contributed by atoms with Crippen molar-refractivity contribution in [2.75, 3.05) is 19.7 Å². The lowest BCUT2D eigenvalue weighted by molar-refractivity contribution is 0.0904. The summed E-state index contributed by atoms with van der Waals surface area (Å²) in [6.45, 7) is 4.06. The predicted octanol–water partition coefficient (Wildman–Crippen LogP) is 7.55. The molecule has 3 aromatic rings. The van der Waals surface area contributed by atoms with Gasteiger partial charge in [-0.1, -0.05) is 29.8 Å². The van der Waals surface area contributed by atoms with Crippen molar-refractivity contribution in [2.45, 2.75) is 50.9 Å². The Morgan fingerprint density at radius 1 is 0.975 bits per heavy atom. The molecule has 0 aromatic heterocycles. The highest BCUT2D eigenvalue weighted by molar-refractivity contribution is 6.32. The number of hydrogen-bond donors (Lipinski definition) is 2. The number of benzene rings is 3. The van der Waals surface area contributed by atoms with E-state index in [-0.39, 0.29) is 28.3 Å². The number of ether oxygens (including phenoxy) is 2. The van der Waals surface area contributed by atoms with Gasteiger partial charge in [0.15, 0.2) is 11.6 Å². The van der Waals surface area contributed by atoms with E-state index >= 15 is 4.39 Å². The number of halogens is 3. The number of phenolic OH excluding ortho intramolecular Hbond substituents is 2. The quantitative estimate of drug-likeness (QED) is 0.309. The van der Waals surface area contributed by atoms with Gasteiger partial charge in [-0.3, -0.25) is 4.90 Å². The van der Waals surface area contributed by atoms with Crippen molar-refractivity contribution < 1.29 is 28.5 Å². The first kappa shape index (κ1) is 26.9. The monoisotopic (exact) mass is 567 g/mol. The van der Waals surface area contributed by atoms with E-state index in [1.807, 2.05) is 24.3 Å². The second-order valence-electron chi connectivity index (χ2n) is 11.0. The Labute approximate surface area is 237 Å². The summed E-state index contributed by atoms with van der Waals surface area (Å²) in [5.74, 6) is -0.0167. The highest BCUT2D eigenvalue weighted by Crippen LogP contribution is 2.56. The number of phenols is 2. The molecule has 0 radical (unpaired) electrons. The fourth-order valence-corrected chi connectivity index (χ4v) is 5.86. The zero-order chi connectivity index (χ0) is 28.0. The van der Waals surface area contributed by atoms with E-state index in [2.05, 4.69) is 11.8 Å². The minimum absolute atomic E-state index is 0.0728. The van der Waals surface area contributed by atoms with Crippen molar-refractivity contribution in [2.24, 2.45) is 5.92 Å². The SMILES string of the molecule is C[C@@H](COc1ccc(C2Oc3ccc(O)c(F)c3C(C3CC3)=C2c2ccc(Cl)c(O)c2)cc1)N1CCC(F)CC1. The summed E-state index contributed by atoms with van der Waals surface area (Å²) in [5, 5.41) is 20.8. The lowest BCUT2D eigenvalue weighted by Crippen LogP contribution is -2.43. The summed E-state index contributed by atoms with van der Waals surface area (Å²) in [6.07, 6.45) is 1.64. The van der Waals surface area contributed by atoms with Crippen molar-refractivity contribution >= 4 is 22.7 Å². The Kier molecular flexibility index (Phi) is 7.36. The standard InChI is InChI=1S/C32H32ClF2NO4/c1-18(36-14-12-22(34)13-15-36)17-39-23-7-4-20(5-8-23)32-29(21-6-9-24(33)26(38)16-21)28(19-2-3-19)30-27(40-32)11-10-25(37)31(30)35/h4-11,16,18-19,22,32,37-38H,2-3,12-15,17H2,1H3/t18-,32?/m0/s1. The molecule has 2 heterocycles. The van der Waals surface area contributed by atoms with Gasteiger partial charge in [-0.25, -0.2) is 8.78 Å². The minimum Gasteiger partial charge on any atom is -0.506 e. The molecule has 1 aliphatic carbocycles. The predicted molar refractivity (Wildman–Crippen MR) is 151 cm³/mol. The first-order chi connectivity index (χ1) is 19.3. The number of allylic oxidation sites excluding steroid dienone is 1. The van der Waals surface area contributed by atoms with E-state index in [4.69, 9.17) is 21.1 Å². The number of aromatic hydroxyl groups is 2. The van der Waals surface area contributed by atoms with Crippen molar-refractivity contribution in [1.29, 1.82) is 0 Å². The molecule has 0 spiro atoms. The van der Waals surface area contributed by atoms with Gasteiger partial charge in [-0.05, 0) is 91.6 Å². The lowest BCUT2D eigenvalue weighted by Gasteiger charge is -2.33. The first-order valence-electron chi connectivity index (χ1n) is 13.8. The fourth-order valence-electron chi connectivity index (χ4n) is 5.75. The molecular formula is C32H32ClF2NO4. The Bertz CT molecular complexity index is 1430. The molecule has 3 aromatic carbocycles. The lowest BCUT2D eigenvalue weighted by atomic mass is 9.83. The number of fused-ring (bicyclic) bond motifs is 1. The summed E-state index contributed by atoms with van der Waals surface area (Å²) in [4.78, 5) is 2.26. The molecule has 1 saturated carbocycles. The Balaban J connectivity index is 1.32. The largest absolute Gasteiger partial charge is 0.506 e. The van der Waals surface area contributed by atoms with E-state index < -0.39 is 23.8 Å². The molecule has 210 valence electrons. The van der Waals surface area contributed by atoms with Gasteiger partial charge in [0, 0.05) is 24.7 Å². The molecule has 8 heteroatoms. The van der Waals surface area contributed by atoms with Crippen molar-refractivity contribution in [3.05, 3.63) is 82.1 Å². The molecule has 5 nitrogen and oxygen atoms in total. The van der Waals surface area contributed by atoms with Gasteiger partial charge in [-0.2, -0.15) is 0 Å². The third kappa shape index (κ3) is 5.25. The highest BCUT2D eigenvalue weighted by Gasteiger charge is 2.40. The van der Waals surface area contributed by atoms with Crippen LogP contribution in [0.5, 0.6) is 23.0 Å². The van der Waals surface area contributed by atoms with Crippen molar-refractivity contribution in [3.8, 4) is 23.0 Å². The van der Waals surface area contributed by atoms with Gasteiger partial charge in [0.25, 0.3) is 0 Å². The summed E-state index contributed by atoms with van der Waals surface area (Å²) < 4.78 is 41.4. The van der Waals surface area contributed by atoms with Crippen LogP contribution in [0.1, 0.15) is 55.4 Å². The molecule has 3 aliphatic rings. The van der Waals surface area contributed by atoms with E-state index in [1.54, 1.807) is 24.3 Å². The van der Waals surface area contributed by atoms with Gasteiger partial charge in [-0.15, -0.1) is 0 Å². The van der Waals surface area contributed by atoms with Crippen LogP contribution in [0.2, 0.25) is 5.02 Å². The van der Waals surface area contributed by atoms with E-state index in [1.165, 1.54) is 6.07 Å². The summed E-state index contributed by atoms with van der Waals surface area (Å²) in [6, 6.07) is 15.7. The van der Waals surface area contributed by atoms with E-state index in [0.717, 1.165) is 42.6 Å². The molecule has 2 aliphatic heterocycles. The number of nitrogens with zero attached hydrogens (tertiary/aromatic N) is 1. The second-order valence-corrected chi connectivity index (χ2v) is 11.4. The van der Waals surface area contributed by atoms with Crippen molar-refractivity contribution in [1.82, 2.24) is 4.90 Å². The third-order valence-electron chi connectivity index (χ3n) is 8.15. The van der Waals surface area contributed by atoms with Crippen LogP contribution in [0.4, 0.5) is 8.78 Å². The molecule has 40 heavy (non-hydrogen) atoms. The summed E-state index contributed by atoms with van der Waals surface area (Å²) >= 11 is 6.11. The van der Waals surface area contributed by atoms with Crippen LogP contribution < -0.4 is 9.47 Å².